The summed E-state index contributed by atoms with van der Waals surface area (Å²) in [6.07, 6.45) is 1.69. The lowest BCUT2D eigenvalue weighted by atomic mass is 10.1. The Bertz CT molecular complexity index is 655. The van der Waals surface area contributed by atoms with Gasteiger partial charge in [0.05, 0.1) is 11.2 Å². The SMILES string of the molecule is Cc1ncsc1CCN(C)CC1CC(=O)N(c2ccccc2)C1. The summed E-state index contributed by atoms with van der Waals surface area (Å²) in [4.78, 5) is 22.2. The largest absolute Gasteiger partial charge is 0.312 e. The summed E-state index contributed by atoms with van der Waals surface area (Å²) in [7, 11) is 2.14. The van der Waals surface area contributed by atoms with E-state index in [9.17, 15) is 4.79 Å². The van der Waals surface area contributed by atoms with E-state index >= 15 is 0 Å². The molecule has 1 fully saturated rings. The number of amides is 1. The first-order valence-corrected chi connectivity index (χ1v) is 8.94. The number of hydrogen-bond donors (Lipinski definition) is 0. The molecule has 122 valence electrons. The van der Waals surface area contributed by atoms with Crippen LogP contribution in [0.25, 0.3) is 0 Å². The van der Waals surface area contributed by atoms with Crippen molar-refractivity contribution in [3.63, 3.8) is 0 Å². The summed E-state index contributed by atoms with van der Waals surface area (Å²) in [5.74, 6) is 0.656. The van der Waals surface area contributed by atoms with Crippen molar-refractivity contribution in [3.05, 3.63) is 46.4 Å². The van der Waals surface area contributed by atoms with E-state index < -0.39 is 0 Å². The van der Waals surface area contributed by atoms with E-state index in [0.717, 1.165) is 37.4 Å². The molecule has 1 amide bonds. The number of thiazole rings is 1. The molecule has 1 aromatic carbocycles. The molecule has 0 saturated carbocycles. The molecule has 3 rings (SSSR count). The van der Waals surface area contributed by atoms with Gasteiger partial charge in [0, 0.05) is 36.6 Å². The van der Waals surface area contributed by atoms with Crippen LogP contribution in [0.1, 0.15) is 17.0 Å². The molecule has 5 heteroatoms. The normalized spacial score (nSPS) is 18.1. The number of carbonyl (C=O) groups is 1. The zero-order valence-electron chi connectivity index (χ0n) is 13.7. The van der Waals surface area contributed by atoms with Crippen LogP contribution >= 0.6 is 11.3 Å². The fraction of sp³-hybridized carbons (Fsp3) is 0.444. The molecule has 1 aliphatic rings. The highest BCUT2D eigenvalue weighted by atomic mass is 32.1. The third kappa shape index (κ3) is 3.98. The van der Waals surface area contributed by atoms with E-state index in [4.69, 9.17) is 0 Å². The first-order valence-electron chi connectivity index (χ1n) is 8.06. The molecule has 23 heavy (non-hydrogen) atoms. The van der Waals surface area contributed by atoms with Crippen LogP contribution in [-0.4, -0.2) is 42.5 Å². The number of anilines is 1. The number of aromatic nitrogens is 1. The van der Waals surface area contributed by atoms with Crippen molar-refractivity contribution in [2.75, 3.05) is 31.6 Å². The van der Waals surface area contributed by atoms with Crippen LogP contribution in [0.4, 0.5) is 5.69 Å². The van der Waals surface area contributed by atoms with Gasteiger partial charge in [-0.15, -0.1) is 11.3 Å². The number of nitrogens with zero attached hydrogens (tertiary/aromatic N) is 3. The maximum absolute atomic E-state index is 12.3. The Balaban J connectivity index is 1.51. The Morgan fingerprint density at radius 1 is 1.35 bits per heavy atom. The standard InChI is InChI=1S/C18H23N3OS/c1-14-17(23-13-19-14)8-9-20(2)11-15-10-18(22)21(12-15)16-6-4-3-5-7-16/h3-7,13,15H,8-12H2,1-2H3. The van der Waals surface area contributed by atoms with E-state index in [2.05, 4.69) is 23.9 Å². The Kier molecular flexibility index (Phi) is 5.08. The lowest BCUT2D eigenvalue weighted by Gasteiger charge is -2.21. The minimum Gasteiger partial charge on any atom is -0.312 e. The summed E-state index contributed by atoms with van der Waals surface area (Å²) in [6.45, 7) is 4.87. The van der Waals surface area contributed by atoms with Crippen LogP contribution in [0.3, 0.4) is 0 Å². The topological polar surface area (TPSA) is 36.4 Å². The second-order valence-corrected chi connectivity index (χ2v) is 7.22. The number of rotatable bonds is 6. The van der Waals surface area contributed by atoms with Gasteiger partial charge in [0.2, 0.25) is 5.91 Å². The molecule has 0 bridgehead atoms. The van der Waals surface area contributed by atoms with Crippen LogP contribution in [0, 0.1) is 12.8 Å². The molecule has 0 spiro atoms. The van der Waals surface area contributed by atoms with Gasteiger partial charge in [-0.1, -0.05) is 18.2 Å². The lowest BCUT2D eigenvalue weighted by Crippen LogP contribution is -2.30. The van der Waals surface area contributed by atoms with Gasteiger partial charge in [-0.3, -0.25) is 4.79 Å². The van der Waals surface area contributed by atoms with Gasteiger partial charge in [-0.05, 0) is 38.4 Å². The highest BCUT2D eigenvalue weighted by Gasteiger charge is 2.30. The summed E-state index contributed by atoms with van der Waals surface area (Å²) in [5, 5.41) is 0. The van der Waals surface area contributed by atoms with E-state index in [-0.39, 0.29) is 5.91 Å². The number of benzene rings is 1. The fourth-order valence-electron chi connectivity index (χ4n) is 3.15. The van der Waals surface area contributed by atoms with Crippen molar-refractivity contribution in [2.24, 2.45) is 5.92 Å². The Morgan fingerprint density at radius 3 is 2.83 bits per heavy atom. The average Bonchev–Trinajstić information content (AvgIpc) is 3.12. The van der Waals surface area contributed by atoms with Crippen LogP contribution in [0.15, 0.2) is 35.8 Å². The van der Waals surface area contributed by atoms with E-state index in [1.807, 2.05) is 40.7 Å². The monoisotopic (exact) mass is 329 g/mol. The molecule has 1 atom stereocenters. The van der Waals surface area contributed by atoms with Crippen LogP contribution < -0.4 is 4.90 Å². The fourth-order valence-corrected chi connectivity index (χ4v) is 3.92. The summed E-state index contributed by atoms with van der Waals surface area (Å²) >= 11 is 1.73. The molecule has 1 aromatic heterocycles. The van der Waals surface area contributed by atoms with Crippen molar-refractivity contribution in [1.29, 1.82) is 0 Å². The molecule has 0 radical (unpaired) electrons. The van der Waals surface area contributed by atoms with Gasteiger partial charge in [-0.2, -0.15) is 0 Å². The maximum Gasteiger partial charge on any atom is 0.227 e. The molecule has 2 aromatic rings. The average molecular weight is 329 g/mol. The lowest BCUT2D eigenvalue weighted by molar-refractivity contribution is -0.117. The molecular formula is C18H23N3OS. The summed E-state index contributed by atoms with van der Waals surface area (Å²) < 4.78 is 0. The first-order chi connectivity index (χ1) is 11.1. The number of aryl methyl sites for hydroxylation is 1. The van der Waals surface area contributed by atoms with Gasteiger partial charge >= 0.3 is 0 Å². The predicted molar refractivity (Wildman–Crippen MR) is 95.0 cm³/mol. The summed E-state index contributed by atoms with van der Waals surface area (Å²) in [6, 6.07) is 9.97. The molecule has 1 aliphatic heterocycles. The summed E-state index contributed by atoms with van der Waals surface area (Å²) in [5.41, 5.74) is 4.08. The van der Waals surface area contributed by atoms with E-state index in [0.29, 0.717) is 12.3 Å². The zero-order chi connectivity index (χ0) is 16.2. The molecular weight excluding hydrogens is 306 g/mol. The van der Waals surface area contributed by atoms with Gasteiger partial charge in [0.25, 0.3) is 0 Å². The molecule has 2 heterocycles. The van der Waals surface area contributed by atoms with E-state index in [1.165, 1.54) is 4.88 Å². The van der Waals surface area contributed by atoms with E-state index in [1.54, 1.807) is 11.3 Å². The van der Waals surface area contributed by atoms with Gasteiger partial charge in [-0.25, -0.2) is 4.98 Å². The van der Waals surface area contributed by atoms with Crippen LogP contribution in [-0.2, 0) is 11.2 Å². The van der Waals surface area contributed by atoms with Crippen molar-refractivity contribution in [3.8, 4) is 0 Å². The van der Waals surface area contributed by atoms with Crippen molar-refractivity contribution in [2.45, 2.75) is 19.8 Å². The maximum atomic E-state index is 12.3. The minimum atomic E-state index is 0.243. The molecule has 4 nitrogen and oxygen atoms in total. The smallest absolute Gasteiger partial charge is 0.227 e. The number of carbonyl (C=O) groups excluding carboxylic acids is 1. The van der Waals surface area contributed by atoms with Gasteiger partial charge in [0.15, 0.2) is 0 Å². The van der Waals surface area contributed by atoms with Gasteiger partial charge < -0.3 is 9.80 Å². The molecule has 1 saturated heterocycles. The predicted octanol–water partition coefficient (Wildman–Crippen LogP) is 2.98. The first kappa shape index (κ1) is 16.1. The second-order valence-electron chi connectivity index (χ2n) is 6.28. The Morgan fingerprint density at radius 2 is 2.13 bits per heavy atom. The Hall–Kier alpha value is -1.72. The molecule has 1 unspecified atom stereocenters. The molecule has 0 aliphatic carbocycles. The number of hydrogen-bond acceptors (Lipinski definition) is 4. The highest BCUT2D eigenvalue weighted by Crippen LogP contribution is 2.25. The Labute approximate surface area is 141 Å². The van der Waals surface area contributed by atoms with Crippen molar-refractivity contribution >= 4 is 22.9 Å². The quantitative estimate of drug-likeness (QED) is 0.817. The zero-order valence-corrected chi connectivity index (χ0v) is 14.6. The third-order valence-electron chi connectivity index (χ3n) is 4.41. The second kappa shape index (κ2) is 7.23. The van der Waals surface area contributed by atoms with Crippen molar-refractivity contribution < 1.29 is 4.79 Å². The van der Waals surface area contributed by atoms with Crippen LogP contribution in [0.5, 0.6) is 0 Å². The third-order valence-corrected chi connectivity index (χ3v) is 5.40. The van der Waals surface area contributed by atoms with Gasteiger partial charge in [0.1, 0.15) is 0 Å². The van der Waals surface area contributed by atoms with Crippen LogP contribution in [0.2, 0.25) is 0 Å². The molecule has 0 N–H and O–H groups in total. The minimum absolute atomic E-state index is 0.243. The highest BCUT2D eigenvalue weighted by molar-refractivity contribution is 7.09. The number of para-hydroxylation sites is 1. The number of likely N-dealkylation sites (N-methyl/N-ethyl adjacent to an activating group) is 1. The van der Waals surface area contributed by atoms with Crippen molar-refractivity contribution in [1.82, 2.24) is 9.88 Å².